The van der Waals surface area contributed by atoms with Crippen molar-refractivity contribution in [3.05, 3.63) is 120 Å². The largest absolute Gasteiger partial charge is 0.264 e. The molecule has 0 bridgehead atoms. The zero-order valence-electron chi connectivity index (χ0n) is 19.5. The van der Waals surface area contributed by atoms with Gasteiger partial charge in [0.1, 0.15) is 5.69 Å². The first-order valence-corrected chi connectivity index (χ1v) is 12.0. The molecule has 1 N–H and O–H groups in total. The maximum atomic E-state index is 6.27. The van der Waals surface area contributed by atoms with Gasteiger partial charge in [-0.15, -0.1) is 0 Å². The van der Waals surface area contributed by atoms with E-state index in [2.05, 4.69) is 20.5 Å². The zero-order valence-corrected chi connectivity index (χ0v) is 20.3. The SMILES string of the molecule is Clc1ccc2nc(N/N=C\c3cn(-c4ccccc4)nc3-c3cccnc3)nc(-c3ccccc3)c2c1. The predicted molar refractivity (Wildman–Crippen MR) is 148 cm³/mol. The van der Waals surface area contributed by atoms with E-state index in [0.29, 0.717) is 11.0 Å². The summed E-state index contributed by atoms with van der Waals surface area (Å²) in [5.41, 5.74) is 8.93. The van der Waals surface area contributed by atoms with Crippen LogP contribution in [0.4, 0.5) is 5.95 Å². The number of benzene rings is 3. The van der Waals surface area contributed by atoms with E-state index in [-0.39, 0.29) is 0 Å². The monoisotopic (exact) mass is 501 g/mol. The third kappa shape index (κ3) is 4.80. The van der Waals surface area contributed by atoms with Gasteiger partial charge < -0.3 is 0 Å². The summed E-state index contributed by atoms with van der Waals surface area (Å²) in [6.45, 7) is 0. The number of hydrogen-bond acceptors (Lipinski definition) is 6. The van der Waals surface area contributed by atoms with Crippen molar-refractivity contribution >= 4 is 34.7 Å². The lowest BCUT2D eigenvalue weighted by Crippen LogP contribution is -2.00. The summed E-state index contributed by atoms with van der Waals surface area (Å²) in [6, 6.07) is 29.3. The molecule has 6 rings (SSSR count). The van der Waals surface area contributed by atoms with Gasteiger partial charge in [-0.25, -0.2) is 20.1 Å². The molecule has 3 heterocycles. The third-order valence-electron chi connectivity index (χ3n) is 5.77. The van der Waals surface area contributed by atoms with Gasteiger partial charge in [-0.2, -0.15) is 10.2 Å². The molecule has 0 saturated heterocycles. The quantitative estimate of drug-likeness (QED) is 0.204. The summed E-state index contributed by atoms with van der Waals surface area (Å²) in [5, 5.41) is 10.8. The van der Waals surface area contributed by atoms with Crippen LogP contribution in [0, 0.1) is 0 Å². The number of nitrogens with one attached hydrogen (secondary N) is 1. The van der Waals surface area contributed by atoms with Crippen LogP contribution >= 0.6 is 11.6 Å². The Hall–Kier alpha value is -4.88. The highest BCUT2D eigenvalue weighted by atomic mass is 35.5. The molecule has 37 heavy (non-hydrogen) atoms. The van der Waals surface area contributed by atoms with Crippen molar-refractivity contribution < 1.29 is 0 Å². The van der Waals surface area contributed by atoms with E-state index in [0.717, 1.165) is 44.7 Å². The number of fused-ring (bicyclic) bond motifs is 1. The molecule has 7 nitrogen and oxygen atoms in total. The molecule has 6 aromatic rings. The number of pyridine rings is 1. The Morgan fingerprint density at radius 2 is 1.59 bits per heavy atom. The van der Waals surface area contributed by atoms with E-state index in [1.807, 2.05) is 102 Å². The summed E-state index contributed by atoms with van der Waals surface area (Å²) in [7, 11) is 0. The lowest BCUT2D eigenvalue weighted by molar-refractivity contribution is 0.884. The van der Waals surface area contributed by atoms with Crippen LogP contribution in [0.3, 0.4) is 0 Å². The number of nitrogens with zero attached hydrogens (tertiary/aromatic N) is 6. The molecule has 0 atom stereocenters. The molecular formula is C29H20ClN7. The van der Waals surface area contributed by atoms with E-state index >= 15 is 0 Å². The maximum Gasteiger partial charge on any atom is 0.244 e. The minimum Gasteiger partial charge on any atom is -0.264 e. The van der Waals surface area contributed by atoms with Crippen LogP contribution in [0.15, 0.2) is 115 Å². The van der Waals surface area contributed by atoms with Gasteiger partial charge in [-0.05, 0) is 42.5 Å². The molecule has 3 aromatic carbocycles. The van der Waals surface area contributed by atoms with Crippen LogP contribution in [0.2, 0.25) is 5.02 Å². The molecule has 0 aliphatic rings. The first-order chi connectivity index (χ1) is 18.2. The Kier molecular flexibility index (Phi) is 6.10. The molecule has 0 fully saturated rings. The first-order valence-electron chi connectivity index (χ1n) is 11.6. The van der Waals surface area contributed by atoms with Crippen molar-refractivity contribution in [1.82, 2.24) is 24.7 Å². The fourth-order valence-electron chi connectivity index (χ4n) is 4.05. The van der Waals surface area contributed by atoms with Gasteiger partial charge >= 0.3 is 0 Å². The summed E-state index contributed by atoms with van der Waals surface area (Å²) in [5.74, 6) is 0.378. The predicted octanol–water partition coefficient (Wildman–Crippen LogP) is 6.64. The minimum atomic E-state index is 0.378. The van der Waals surface area contributed by atoms with Gasteiger partial charge in [-0.1, -0.05) is 60.1 Å². The normalized spacial score (nSPS) is 11.3. The fourth-order valence-corrected chi connectivity index (χ4v) is 4.22. The number of rotatable bonds is 6. The number of hydrogen-bond donors (Lipinski definition) is 1. The van der Waals surface area contributed by atoms with Crippen molar-refractivity contribution in [2.75, 3.05) is 5.43 Å². The molecule has 178 valence electrons. The second kappa shape index (κ2) is 10.0. The molecule has 0 unspecified atom stereocenters. The van der Waals surface area contributed by atoms with E-state index in [4.69, 9.17) is 21.7 Å². The van der Waals surface area contributed by atoms with Crippen molar-refractivity contribution in [3.63, 3.8) is 0 Å². The van der Waals surface area contributed by atoms with Gasteiger partial charge in [0.25, 0.3) is 0 Å². The van der Waals surface area contributed by atoms with Gasteiger partial charge in [0, 0.05) is 45.7 Å². The van der Waals surface area contributed by atoms with Crippen LogP contribution < -0.4 is 5.43 Å². The second-order valence-electron chi connectivity index (χ2n) is 8.25. The Labute approximate surface area is 218 Å². The molecule has 0 spiro atoms. The molecule has 0 radical (unpaired) electrons. The molecule has 0 saturated carbocycles. The van der Waals surface area contributed by atoms with E-state index in [1.54, 1.807) is 18.6 Å². The zero-order chi connectivity index (χ0) is 25.0. The van der Waals surface area contributed by atoms with Crippen molar-refractivity contribution in [2.45, 2.75) is 0 Å². The van der Waals surface area contributed by atoms with Gasteiger partial charge in [0.15, 0.2) is 0 Å². The van der Waals surface area contributed by atoms with Crippen molar-refractivity contribution in [3.8, 4) is 28.2 Å². The molecule has 0 amide bonds. The summed E-state index contributed by atoms with van der Waals surface area (Å²) in [6.07, 6.45) is 7.17. The summed E-state index contributed by atoms with van der Waals surface area (Å²) < 4.78 is 1.83. The standard InChI is InChI=1S/C29H20ClN7/c30-23-13-14-26-25(16-23)28(20-8-3-1-4-9-20)34-29(33-26)35-32-18-22-19-37(24-11-5-2-6-12-24)36-27(22)21-10-7-15-31-17-21/h1-19H,(H,33,34,35)/b32-18-. The third-order valence-corrected chi connectivity index (χ3v) is 6.01. The Morgan fingerprint density at radius 3 is 2.38 bits per heavy atom. The van der Waals surface area contributed by atoms with Crippen molar-refractivity contribution in [2.24, 2.45) is 5.10 Å². The van der Waals surface area contributed by atoms with Crippen LogP contribution in [0.1, 0.15) is 5.56 Å². The number of halogens is 1. The Balaban J connectivity index is 1.37. The van der Waals surface area contributed by atoms with Gasteiger partial charge in [0.05, 0.1) is 23.1 Å². The molecular weight excluding hydrogens is 482 g/mol. The highest BCUT2D eigenvalue weighted by molar-refractivity contribution is 6.31. The van der Waals surface area contributed by atoms with E-state index in [1.165, 1.54) is 0 Å². The van der Waals surface area contributed by atoms with Crippen LogP contribution in [-0.4, -0.2) is 30.9 Å². The molecule has 0 aliphatic carbocycles. The van der Waals surface area contributed by atoms with Crippen LogP contribution in [0.5, 0.6) is 0 Å². The first kappa shape index (κ1) is 22.6. The molecule has 0 aliphatic heterocycles. The second-order valence-corrected chi connectivity index (χ2v) is 8.68. The average molecular weight is 502 g/mol. The lowest BCUT2D eigenvalue weighted by atomic mass is 10.1. The average Bonchev–Trinajstić information content (AvgIpc) is 3.38. The van der Waals surface area contributed by atoms with E-state index < -0.39 is 0 Å². The minimum absolute atomic E-state index is 0.378. The number of aromatic nitrogens is 5. The maximum absolute atomic E-state index is 6.27. The summed E-state index contributed by atoms with van der Waals surface area (Å²) in [4.78, 5) is 13.6. The van der Waals surface area contributed by atoms with Crippen LogP contribution in [-0.2, 0) is 0 Å². The lowest BCUT2D eigenvalue weighted by Gasteiger charge is -2.09. The topological polar surface area (TPSA) is 80.9 Å². The van der Waals surface area contributed by atoms with Gasteiger partial charge in [0.2, 0.25) is 5.95 Å². The highest BCUT2D eigenvalue weighted by Crippen LogP contribution is 2.29. The Morgan fingerprint density at radius 1 is 0.811 bits per heavy atom. The number of anilines is 1. The molecule has 8 heteroatoms. The van der Waals surface area contributed by atoms with Crippen molar-refractivity contribution in [1.29, 1.82) is 0 Å². The van der Waals surface area contributed by atoms with E-state index in [9.17, 15) is 0 Å². The smallest absolute Gasteiger partial charge is 0.244 e. The number of para-hydroxylation sites is 1. The van der Waals surface area contributed by atoms with Gasteiger partial charge in [-0.3, -0.25) is 4.98 Å². The van der Waals surface area contributed by atoms with Crippen LogP contribution in [0.25, 0.3) is 39.1 Å². The number of hydrazone groups is 1. The molecule has 3 aromatic heterocycles. The summed E-state index contributed by atoms with van der Waals surface area (Å²) >= 11 is 6.27. The Bertz CT molecular complexity index is 1700. The highest BCUT2D eigenvalue weighted by Gasteiger charge is 2.13. The fraction of sp³-hybridized carbons (Fsp3) is 0.